The van der Waals surface area contributed by atoms with Gasteiger partial charge in [0.25, 0.3) is 0 Å². The third-order valence-electron chi connectivity index (χ3n) is 3.05. The van der Waals surface area contributed by atoms with Crippen LogP contribution in [0, 0.1) is 0 Å². The third-order valence-corrected chi connectivity index (χ3v) is 4.62. The van der Waals surface area contributed by atoms with E-state index in [0.717, 1.165) is 23.2 Å². The fourth-order valence-corrected chi connectivity index (χ4v) is 3.14. The van der Waals surface area contributed by atoms with E-state index in [-0.39, 0.29) is 38.8 Å². The number of nitrogens with zero attached hydrogens (tertiary/aromatic N) is 2. The van der Waals surface area contributed by atoms with Crippen LogP contribution in [0.15, 0.2) is 23.2 Å². The van der Waals surface area contributed by atoms with Crippen molar-refractivity contribution in [1.82, 2.24) is 9.78 Å². The maximum atomic E-state index is 12.4. The zero-order valence-electron chi connectivity index (χ0n) is 11.6. The van der Waals surface area contributed by atoms with Gasteiger partial charge in [-0.25, -0.2) is 13.1 Å². The molecule has 0 aliphatic carbocycles. The highest BCUT2D eigenvalue weighted by molar-refractivity contribution is 7.90. The second kappa shape index (κ2) is 5.54. The molecule has 7 nitrogen and oxygen atoms in total. The Bertz CT molecular complexity index is 886. The summed E-state index contributed by atoms with van der Waals surface area (Å²) in [6, 6.07) is 2.33. The van der Waals surface area contributed by atoms with Crippen LogP contribution in [0.5, 0.6) is 5.88 Å². The van der Waals surface area contributed by atoms with E-state index >= 15 is 0 Å². The number of halogens is 1. The molecule has 0 fully saturated rings. The van der Waals surface area contributed by atoms with E-state index in [1.54, 1.807) is 0 Å². The van der Waals surface area contributed by atoms with Crippen LogP contribution in [0.1, 0.15) is 26.3 Å². The molecule has 9 heteroatoms. The van der Waals surface area contributed by atoms with Crippen molar-refractivity contribution in [3.8, 4) is 5.88 Å². The summed E-state index contributed by atoms with van der Waals surface area (Å²) in [5, 5.41) is 13.2. The quantitative estimate of drug-likeness (QED) is 0.661. The normalized spacial score (nSPS) is 11.4. The second-order valence-electron chi connectivity index (χ2n) is 4.56. The summed E-state index contributed by atoms with van der Waals surface area (Å²) in [6.45, 7) is 0. The number of sulfone groups is 1. The van der Waals surface area contributed by atoms with Crippen LogP contribution in [-0.4, -0.2) is 41.6 Å². The molecule has 0 aliphatic heterocycles. The van der Waals surface area contributed by atoms with Crippen LogP contribution < -0.4 is 0 Å². The average molecular weight is 343 g/mol. The monoisotopic (exact) mass is 342 g/mol. The first-order chi connectivity index (χ1) is 10.2. The van der Waals surface area contributed by atoms with Crippen molar-refractivity contribution in [3.05, 3.63) is 40.0 Å². The third kappa shape index (κ3) is 2.62. The van der Waals surface area contributed by atoms with Gasteiger partial charge in [0.05, 0.1) is 21.7 Å². The maximum absolute atomic E-state index is 12.4. The minimum absolute atomic E-state index is 0.0977. The number of benzene rings is 1. The first-order valence-corrected chi connectivity index (χ1v) is 8.18. The van der Waals surface area contributed by atoms with Gasteiger partial charge in [-0.3, -0.25) is 9.59 Å². The van der Waals surface area contributed by atoms with Crippen molar-refractivity contribution in [1.29, 1.82) is 0 Å². The first kappa shape index (κ1) is 16.2. The molecule has 22 heavy (non-hydrogen) atoms. The second-order valence-corrected chi connectivity index (χ2v) is 6.93. The number of carbonyl (C=O) groups excluding carboxylic acids is 2. The van der Waals surface area contributed by atoms with Gasteiger partial charge in [-0.1, -0.05) is 11.6 Å². The Morgan fingerprint density at radius 3 is 2.45 bits per heavy atom. The Kier molecular flexibility index (Phi) is 4.08. The van der Waals surface area contributed by atoms with Crippen LogP contribution in [0.4, 0.5) is 0 Å². The van der Waals surface area contributed by atoms with E-state index in [4.69, 9.17) is 11.6 Å². The molecular weight excluding hydrogens is 332 g/mol. The van der Waals surface area contributed by atoms with Crippen molar-refractivity contribution in [2.45, 2.75) is 4.90 Å². The molecule has 0 radical (unpaired) electrons. The fourth-order valence-electron chi connectivity index (χ4n) is 1.92. The number of aldehydes is 1. The van der Waals surface area contributed by atoms with Crippen molar-refractivity contribution in [2.24, 2.45) is 7.05 Å². The van der Waals surface area contributed by atoms with Crippen molar-refractivity contribution >= 4 is 33.5 Å². The molecule has 116 valence electrons. The fraction of sp³-hybridized carbons (Fsp3) is 0.154. The Hall–Kier alpha value is -2.19. The molecule has 1 N–H and O–H groups in total. The molecule has 0 unspecified atom stereocenters. The van der Waals surface area contributed by atoms with Gasteiger partial charge in [0.1, 0.15) is 5.56 Å². The van der Waals surface area contributed by atoms with Crippen molar-refractivity contribution in [2.75, 3.05) is 6.26 Å². The minimum Gasteiger partial charge on any atom is -0.493 e. The number of aromatic nitrogens is 2. The minimum atomic E-state index is -3.67. The van der Waals surface area contributed by atoms with Crippen LogP contribution in [-0.2, 0) is 16.9 Å². The highest BCUT2D eigenvalue weighted by Gasteiger charge is 2.24. The summed E-state index contributed by atoms with van der Waals surface area (Å²) in [4.78, 5) is 23.3. The molecule has 0 aliphatic rings. The van der Waals surface area contributed by atoms with Crippen molar-refractivity contribution in [3.63, 3.8) is 0 Å². The smallest absolute Gasteiger partial charge is 0.220 e. The Morgan fingerprint density at radius 2 is 2.00 bits per heavy atom. The summed E-state index contributed by atoms with van der Waals surface area (Å²) in [6.07, 6.45) is 2.36. The lowest BCUT2D eigenvalue weighted by Gasteiger charge is -2.09. The van der Waals surface area contributed by atoms with Gasteiger partial charge in [0, 0.05) is 18.9 Å². The Morgan fingerprint density at radius 1 is 1.36 bits per heavy atom. The van der Waals surface area contributed by atoms with Gasteiger partial charge < -0.3 is 5.11 Å². The molecule has 0 bridgehead atoms. The number of aromatic hydroxyl groups is 1. The largest absolute Gasteiger partial charge is 0.493 e. The van der Waals surface area contributed by atoms with Crippen LogP contribution in [0.25, 0.3) is 0 Å². The van der Waals surface area contributed by atoms with Crippen LogP contribution >= 0.6 is 11.6 Å². The van der Waals surface area contributed by atoms with E-state index in [2.05, 4.69) is 5.10 Å². The van der Waals surface area contributed by atoms with Crippen LogP contribution in [0.2, 0.25) is 5.02 Å². The lowest BCUT2D eigenvalue weighted by Crippen LogP contribution is -2.08. The van der Waals surface area contributed by atoms with Crippen molar-refractivity contribution < 1.29 is 23.1 Å². The molecule has 2 rings (SSSR count). The lowest BCUT2D eigenvalue weighted by molar-refractivity contribution is 0.103. The van der Waals surface area contributed by atoms with Gasteiger partial charge in [-0.2, -0.15) is 5.10 Å². The number of carbonyl (C=O) groups is 2. The number of hydrogen-bond acceptors (Lipinski definition) is 6. The number of rotatable bonds is 4. The lowest BCUT2D eigenvalue weighted by atomic mass is 10.0. The molecule has 0 spiro atoms. The summed E-state index contributed by atoms with van der Waals surface area (Å²) < 4.78 is 24.3. The molecule has 1 aromatic heterocycles. The van der Waals surface area contributed by atoms with Gasteiger partial charge in [-0.15, -0.1) is 0 Å². The van der Waals surface area contributed by atoms with Gasteiger partial charge in [-0.05, 0) is 12.1 Å². The van der Waals surface area contributed by atoms with E-state index in [0.29, 0.717) is 0 Å². The molecule has 0 saturated heterocycles. The zero-order chi connectivity index (χ0) is 16.7. The molecule has 1 aromatic carbocycles. The van der Waals surface area contributed by atoms with E-state index in [1.165, 1.54) is 13.1 Å². The standard InChI is InChI=1S/C13H11ClN2O5S/c1-16-13(19)8(5-15-16)12(18)7-3-4-10(22(2,20)21)9(6-17)11(7)14/h3-6,19H,1-2H3. The highest BCUT2D eigenvalue weighted by Crippen LogP contribution is 2.29. The molecule has 0 saturated carbocycles. The van der Waals surface area contributed by atoms with Gasteiger partial charge in [0.2, 0.25) is 11.7 Å². The molecule has 2 aromatic rings. The summed E-state index contributed by atoms with van der Waals surface area (Å²) in [5.41, 5.74) is -0.494. The first-order valence-electron chi connectivity index (χ1n) is 5.92. The highest BCUT2D eigenvalue weighted by atomic mass is 35.5. The maximum Gasteiger partial charge on any atom is 0.220 e. The summed E-state index contributed by atoms with van der Waals surface area (Å²) in [7, 11) is -2.23. The van der Waals surface area contributed by atoms with Gasteiger partial charge in [0.15, 0.2) is 16.1 Å². The molecule has 1 heterocycles. The van der Waals surface area contributed by atoms with E-state index in [9.17, 15) is 23.1 Å². The Balaban J connectivity index is 2.66. The number of hydrogen-bond donors (Lipinski definition) is 1. The average Bonchev–Trinajstić information content (AvgIpc) is 2.77. The predicted molar refractivity (Wildman–Crippen MR) is 78.3 cm³/mol. The Labute approximate surface area is 131 Å². The SMILES string of the molecule is Cn1ncc(C(=O)c2ccc(S(C)(=O)=O)c(C=O)c2Cl)c1O. The molecule has 0 amide bonds. The molecular formula is C13H11ClN2O5S. The van der Waals surface area contributed by atoms with E-state index in [1.807, 2.05) is 0 Å². The molecule has 0 atom stereocenters. The predicted octanol–water partition coefficient (Wildman–Crippen LogP) is 1.23. The van der Waals surface area contributed by atoms with Gasteiger partial charge >= 0.3 is 0 Å². The van der Waals surface area contributed by atoms with E-state index < -0.39 is 15.6 Å². The topological polar surface area (TPSA) is 106 Å². The number of ketones is 1. The zero-order valence-corrected chi connectivity index (χ0v) is 13.1. The summed E-state index contributed by atoms with van der Waals surface area (Å²) in [5.74, 6) is -1.03. The number of aryl methyl sites for hydroxylation is 1. The summed E-state index contributed by atoms with van der Waals surface area (Å²) >= 11 is 6.00. The van der Waals surface area contributed by atoms with Crippen LogP contribution in [0.3, 0.4) is 0 Å².